The van der Waals surface area contributed by atoms with E-state index >= 15 is 13.3 Å². The molecule has 3 fully saturated rings. The number of ketones is 2. The third-order valence-electron chi connectivity index (χ3n) is 14.9. The predicted octanol–water partition coefficient (Wildman–Crippen LogP) is 9.42. The van der Waals surface area contributed by atoms with Gasteiger partial charge in [-0.3, -0.25) is 41.9 Å². The van der Waals surface area contributed by atoms with Crippen molar-refractivity contribution in [1.82, 2.24) is 44.4 Å². The van der Waals surface area contributed by atoms with E-state index in [1.807, 2.05) is 13.8 Å². The molecule has 81 heavy (non-hydrogen) atoms. The molecule has 1 aromatic carbocycles. The van der Waals surface area contributed by atoms with Crippen LogP contribution in [-0.4, -0.2) is 117 Å². The molecule has 444 valence electrons. The molecule has 0 spiro atoms. The number of benzene rings is 1. The first-order valence-corrected chi connectivity index (χ1v) is 33.7. The van der Waals surface area contributed by atoms with Gasteiger partial charge in [0.25, 0.3) is 5.56 Å². The number of H-pyrrole nitrogens is 1. The van der Waals surface area contributed by atoms with Gasteiger partial charge in [0.2, 0.25) is 5.91 Å². The number of amides is 1. The van der Waals surface area contributed by atoms with Crippen molar-refractivity contribution in [3.05, 3.63) is 71.1 Å². The predicted molar refractivity (Wildman–Crippen MR) is 304 cm³/mol. The van der Waals surface area contributed by atoms with Crippen molar-refractivity contribution in [1.29, 1.82) is 0 Å². The summed E-state index contributed by atoms with van der Waals surface area (Å²) in [5.74, 6) is -1.27. The number of anilines is 1. The number of unbranched alkanes of at least 4 members (excludes halogenated alkanes) is 12. The van der Waals surface area contributed by atoms with Gasteiger partial charge in [-0.15, -0.1) is 0 Å². The van der Waals surface area contributed by atoms with E-state index in [4.69, 9.17) is 45.1 Å². The molecule has 4 aromatic heterocycles. The minimum Gasteiger partial charge on any atom is -0.382 e. The lowest BCUT2D eigenvalue weighted by atomic mass is 9.88. The number of aromatic nitrogens is 8. The molecular formula is C53H74F2N10O12P2S2. The van der Waals surface area contributed by atoms with Crippen LogP contribution in [0.2, 0.25) is 0 Å². The number of rotatable bonds is 27. The zero-order valence-corrected chi connectivity index (χ0v) is 49.4. The van der Waals surface area contributed by atoms with Gasteiger partial charge in [-0.1, -0.05) is 122 Å². The first-order valence-electron chi connectivity index (χ1n) is 27.9. The minimum absolute atomic E-state index is 0.0223. The standard InChI is InChI=1S/C53H74F2N10O12P2S2/c1-5-6-7-8-9-10-11-12-13-14-15-16-17-18-36(66)24-37(32(2)3)50(68)63-33(4)38(67)23-34-19-21-35(22-20-34)27-81-79(71)73-26-40-45(41(54)52(75-40)64-30-61-43-47(56)57-28-58-48(43)64)76-78(70,80)72-25-39-46(77-79)42(55)53(74-39)65-31-62-44-49(65)59-29-60-51(44)69/h19-22,28-33,37,39-42,45-46,52-53H,5-18,23-27H2,1-4H3,(H,63,68)(H,70,80)(H2,56,57,58)(H,59,60,69)/t33-,37-,39+,40+,41+,42+,45+,46+,52+,53+,78?,79?/m0/s1. The topological polar surface area (TPSA) is 289 Å². The molecule has 0 bridgehead atoms. The summed E-state index contributed by atoms with van der Waals surface area (Å²) in [6.45, 7) is -2.76. The average molecular weight is 1210 g/mol. The van der Waals surface area contributed by atoms with Crippen molar-refractivity contribution >= 4 is 82.3 Å². The van der Waals surface area contributed by atoms with Crippen LogP contribution in [0.3, 0.4) is 0 Å². The Hall–Kier alpha value is -4.46. The number of nitrogens with zero attached hydrogens (tertiary/aromatic N) is 7. The third kappa shape index (κ3) is 16.3. The second-order valence-corrected chi connectivity index (χ2v) is 28.2. The summed E-state index contributed by atoms with van der Waals surface area (Å²) in [5.41, 5.74) is 6.72. The van der Waals surface area contributed by atoms with E-state index in [2.05, 4.69) is 42.1 Å². The molecular weight excluding hydrogens is 1130 g/mol. The van der Waals surface area contributed by atoms with Crippen LogP contribution in [0, 0.1) is 11.8 Å². The van der Waals surface area contributed by atoms with Crippen LogP contribution in [-0.2, 0) is 70.5 Å². The molecule has 1 amide bonds. The Morgan fingerprint density at radius 3 is 1.98 bits per heavy atom. The van der Waals surface area contributed by atoms with Gasteiger partial charge in [-0.05, 0) is 53.6 Å². The highest BCUT2D eigenvalue weighted by Crippen LogP contribution is 2.65. The largest absolute Gasteiger partial charge is 0.389 e. The van der Waals surface area contributed by atoms with Crippen molar-refractivity contribution in [3.8, 4) is 0 Å². The van der Waals surface area contributed by atoms with Crippen LogP contribution in [0.25, 0.3) is 22.3 Å². The van der Waals surface area contributed by atoms with E-state index in [9.17, 15) is 24.1 Å². The number of fused-ring (bicyclic) bond motifs is 4. The van der Waals surface area contributed by atoms with Gasteiger partial charge in [0, 0.05) is 30.9 Å². The number of nitrogens with one attached hydrogen (secondary N) is 2. The number of nitrogen functional groups attached to an aromatic ring is 1. The highest BCUT2D eigenvalue weighted by molar-refractivity contribution is 8.54. The number of imidazole rings is 2. The molecule has 28 heteroatoms. The zero-order valence-electron chi connectivity index (χ0n) is 46.0. The van der Waals surface area contributed by atoms with Crippen LogP contribution >= 0.6 is 24.9 Å². The van der Waals surface area contributed by atoms with Gasteiger partial charge in [-0.25, -0.2) is 38.3 Å². The Morgan fingerprint density at radius 2 is 1.36 bits per heavy atom. The second kappa shape index (κ2) is 28.9. The summed E-state index contributed by atoms with van der Waals surface area (Å²) in [6.07, 6.45) is 7.25. The number of nitrogens with two attached hydrogens (primary N) is 1. The lowest BCUT2D eigenvalue weighted by Crippen LogP contribution is -2.44. The molecule has 5 aromatic rings. The van der Waals surface area contributed by atoms with Crippen LogP contribution in [0.1, 0.15) is 148 Å². The molecule has 3 aliphatic heterocycles. The normalized spacial score (nSPS) is 26.9. The average Bonchev–Trinajstić information content (AvgIpc) is 3.92. The fourth-order valence-electron chi connectivity index (χ4n) is 10.2. The van der Waals surface area contributed by atoms with E-state index in [1.54, 1.807) is 31.2 Å². The number of carbonyl (C=O) groups excluding carboxylic acids is 3. The quantitative estimate of drug-likeness (QED) is 0.0281. The lowest BCUT2D eigenvalue weighted by molar-refractivity contribution is -0.133. The van der Waals surface area contributed by atoms with Gasteiger partial charge >= 0.3 is 13.5 Å². The maximum absolute atomic E-state index is 17.0. The number of carbonyl (C=O) groups is 3. The summed E-state index contributed by atoms with van der Waals surface area (Å²) >= 11 is 6.00. The summed E-state index contributed by atoms with van der Waals surface area (Å²) < 4.78 is 87.1. The summed E-state index contributed by atoms with van der Waals surface area (Å²) in [7, 11) is 0. The maximum atomic E-state index is 17.0. The summed E-state index contributed by atoms with van der Waals surface area (Å²) in [6, 6.07) is 5.97. The van der Waals surface area contributed by atoms with E-state index in [-0.39, 0.29) is 70.1 Å². The first kappa shape index (κ1) is 62.6. The Labute approximate surface area is 478 Å². The van der Waals surface area contributed by atoms with E-state index in [1.165, 1.54) is 75.1 Å². The van der Waals surface area contributed by atoms with Crippen LogP contribution in [0.5, 0.6) is 0 Å². The SMILES string of the molecule is CCCCCCCCCCCCCCCC(=O)C[C@H](C(=O)N[C@@H](C)C(=O)Cc1ccc(CSP2(=O)OC[C@H]3O[C@@H](n4cnc5c(N)ncnc54)[C@H](F)[C@@H]3OP(O)(=S)OC[C@H]3O[C@@H](n4cnc5c(=O)[nH]cnc54)[C@H](F)[C@@H]3O2)cc1)C(C)C. The monoisotopic (exact) mass is 1210 g/mol. The van der Waals surface area contributed by atoms with Gasteiger partial charge in [0.15, 0.2) is 53.2 Å². The van der Waals surface area contributed by atoms with E-state index < -0.39 is 93.5 Å². The molecule has 0 saturated carbocycles. The number of alkyl halides is 2. The van der Waals surface area contributed by atoms with Crippen molar-refractivity contribution in [2.75, 3.05) is 18.9 Å². The zero-order chi connectivity index (χ0) is 57.8. The van der Waals surface area contributed by atoms with Crippen molar-refractivity contribution in [2.24, 2.45) is 11.8 Å². The highest BCUT2D eigenvalue weighted by atomic mass is 32.7. The van der Waals surface area contributed by atoms with Crippen molar-refractivity contribution in [3.63, 3.8) is 0 Å². The smallest absolute Gasteiger partial charge is 0.382 e. The number of aromatic amines is 1. The minimum atomic E-state index is -4.59. The van der Waals surface area contributed by atoms with Gasteiger partial charge in [0.05, 0.1) is 38.2 Å². The fraction of sp³-hybridized carbons (Fsp3) is 0.642. The van der Waals surface area contributed by atoms with Crippen LogP contribution < -0.4 is 16.6 Å². The van der Waals surface area contributed by atoms with Gasteiger partial charge < -0.3 is 34.9 Å². The second-order valence-electron chi connectivity index (χ2n) is 21.4. The number of hydrogen-bond acceptors (Lipinski definition) is 19. The van der Waals surface area contributed by atoms with Crippen LogP contribution in [0.15, 0.2) is 54.4 Å². The van der Waals surface area contributed by atoms with Crippen LogP contribution in [0.4, 0.5) is 14.6 Å². The molecule has 3 saturated heterocycles. The number of ether oxygens (including phenoxy) is 2. The molecule has 12 atom stereocenters. The Kier molecular flexibility index (Phi) is 22.3. The maximum Gasteiger partial charge on any atom is 0.389 e. The van der Waals surface area contributed by atoms with Crippen molar-refractivity contribution in [2.45, 2.75) is 191 Å². The van der Waals surface area contributed by atoms with E-state index in [0.717, 1.165) is 42.8 Å². The number of Topliss-reactive ketones (excluding diaryl/α,β-unsaturated/α-hetero) is 2. The summed E-state index contributed by atoms with van der Waals surface area (Å²) in [5, 5.41) is 2.85. The molecule has 2 unspecified atom stereocenters. The van der Waals surface area contributed by atoms with Gasteiger partial charge in [-0.2, -0.15) is 0 Å². The number of halogens is 2. The third-order valence-corrected chi connectivity index (χ3v) is 20.1. The first-order chi connectivity index (χ1) is 38.8. The molecule has 0 radical (unpaired) electrons. The highest BCUT2D eigenvalue weighted by Gasteiger charge is 2.55. The lowest BCUT2D eigenvalue weighted by Gasteiger charge is -2.30. The fourth-order valence-corrected chi connectivity index (χ4v) is 15.0. The Bertz CT molecular complexity index is 3090. The molecule has 7 heterocycles. The Morgan fingerprint density at radius 1 is 0.802 bits per heavy atom. The number of hydrogen-bond donors (Lipinski definition) is 4. The molecule has 8 rings (SSSR count). The molecule has 5 N–H and O–H groups in total. The Balaban J connectivity index is 0.887. The molecule has 22 nitrogen and oxygen atoms in total. The molecule has 3 aliphatic rings. The van der Waals surface area contributed by atoms with E-state index in [0.29, 0.717) is 28.9 Å². The molecule has 0 aliphatic carbocycles. The summed E-state index contributed by atoms with van der Waals surface area (Å²) in [4.78, 5) is 86.8. The van der Waals surface area contributed by atoms with Gasteiger partial charge in [0.1, 0.15) is 42.0 Å². The van der Waals surface area contributed by atoms with Crippen molar-refractivity contribution < 1.29 is 60.2 Å².